The van der Waals surface area contributed by atoms with Crippen LogP contribution in [0.1, 0.15) is 18.1 Å². The molecule has 4 aliphatic rings. The Bertz CT molecular complexity index is 2740. The number of hydrogen-bond acceptors (Lipinski definition) is 10. The molecule has 0 atom stereocenters. The van der Waals surface area contributed by atoms with E-state index in [0.717, 1.165) is 50.2 Å². The Morgan fingerprint density at radius 3 is 1.42 bits per heavy atom. The Balaban J connectivity index is 0.000000159. The van der Waals surface area contributed by atoms with Crippen molar-refractivity contribution in [2.45, 2.75) is 32.9 Å². The van der Waals surface area contributed by atoms with Gasteiger partial charge in [-0.3, -0.25) is 9.69 Å². The number of anilines is 7. The van der Waals surface area contributed by atoms with Crippen LogP contribution >= 0.6 is 34.9 Å². The molecule has 0 unspecified atom stereocenters. The molecule has 3 aliphatic heterocycles. The molecule has 0 aromatic heterocycles. The van der Waals surface area contributed by atoms with E-state index in [1.54, 1.807) is 34.9 Å². The SMILES string of the molecule is CC(=O)N1c2ccc(N(C)C)cc2Sc2cc(N(C)C)ccc21.CN(C)c1ccc2c(c1)Sc1cc(N(C)C)ccc1C2.CN(C)c1ccc2nc3ccc(=[N+](C)C)cc-3sc2c1.[Cl-]. The molecule has 0 saturated heterocycles. The average Bonchev–Trinajstić information content (AvgIpc) is 3.25. The molecule has 9 nitrogen and oxygen atoms in total. The van der Waals surface area contributed by atoms with E-state index in [9.17, 15) is 4.79 Å². The first-order valence-electron chi connectivity index (χ1n) is 20.9. The third kappa shape index (κ3) is 10.6. The Morgan fingerprint density at radius 1 is 0.547 bits per heavy atom. The smallest absolute Gasteiger partial charge is 0.228 e. The monoisotopic (exact) mass is 930 g/mol. The summed E-state index contributed by atoms with van der Waals surface area (Å²) in [7, 11) is 24.7. The number of halogens is 1. The summed E-state index contributed by atoms with van der Waals surface area (Å²) in [5, 5.41) is 1.21. The minimum Gasteiger partial charge on any atom is -1.00 e. The normalized spacial score (nSPS) is 11.9. The number of carbonyl (C=O) groups excluding carboxylic acids is 1. The van der Waals surface area contributed by atoms with Crippen molar-refractivity contribution in [1.29, 1.82) is 0 Å². The fraction of sp³-hybridized carbons (Fsp3) is 0.275. The molecule has 0 bridgehead atoms. The minimum absolute atomic E-state index is 0. The molecule has 0 fully saturated rings. The lowest BCUT2D eigenvalue weighted by Gasteiger charge is -2.32. The standard InChI is InChI=1S/C18H21N3OS.C17H20N2S.C16H18N3S.ClH/c1-12(22)21-15-8-6-13(19(2)3)10-17(15)23-18-11-14(20(4)5)7-9-16(18)21;1-18(2)14-7-5-12-9-13-6-8-15(19(3)4)11-17(13)20-16(12)10-14;1-18(2)11-5-7-13-15(9-11)20-16-10-12(19(3)4)6-8-14(16)17-13;/h6-11H,1-5H3;5-8,10-11H,9H2,1-4H3;5-10H,1-4H3;1H/q;;+1;/p-1. The highest BCUT2D eigenvalue weighted by atomic mass is 35.5. The first-order valence-corrected chi connectivity index (χ1v) is 23.3. The minimum atomic E-state index is 0. The average molecular weight is 932 g/mol. The van der Waals surface area contributed by atoms with Gasteiger partial charge in [-0.1, -0.05) is 35.7 Å². The van der Waals surface area contributed by atoms with Gasteiger partial charge in [0.1, 0.15) is 14.1 Å². The highest BCUT2D eigenvalue weighted by Gasteiger charge is 2.27. The van der Waals surface area contributed by atoms with Crippen molar-refractivity contribution >= 4 is 90.8 Å². The van der Waals surface area contributed by atoms with Gasteiger partial charge >= 0.3 is 0 Å². The molecule has 5 aromatic rings. The third-order valence-corrected chi connectivity index (χ3v) is 14.4. The highest BCUT2D eigenvalue weighted by molar-refractivity contribution is 8.00. The van der Waals surface area contributed by atoms with E-state index in [1.807, 2.05) is 52.1 Å². The van der Waals surface area contributed by atoms with Crippen LogP contribution in [0.4, 0.5) is 39.8 Å². The van der Waals surface area contributed by atoms with Gasteiger partial charge in [0.25, 0.3) is 0 Å². The summed E-state index contributed by atoms with van der Waals surface area (Å²) in [5.41, 5.74) is 12.9. The molecule has 3 heterocycles. The lowest BCUT2D eigenvalue weighted by atomic mass is 10.0. The van der Waals surface area contributed by atoms with Crippen LogP contribution in [-0.2, 0) is 11.2 Å². The molecule has 0 radical (unpaired) electrons. The van der Waals surface area contributed by atoms with E-state index in [0.29, 0.717) is 0 Å². The van der Waals surface area contributed by atoms with Gasteiger partial charge in [-0.2, -0.15) is 0 Å². The van der Waals surface area contributed by atoms with Crippen molar-refractivity contribution in [3.8, 4) is 10.6 Å². The van der Waals surface area contributed by atoms with Gasteiger partial charge in [0.05, 0.1) is 32.2 Å². The maximum Gasteiger partial charge on any atom is 0.228 e. The van der Waals surface area contributed by atoms with Crippen LogP contribution in [0.5, 0.6) is 0 Å². The van der Waals surface area contributed by atoms with Crippen LogP contribution in [0.15, 0.2) is 129 Å². The zero-order valence-electron chi connectivity index (χ0n) is 39.2. The molecule has 1 amide bonds. The van der Waals surface area contributed by atoms with Gasteiger partial charge in [-0.15, -0.1) is 11.3 Å². The van der Waals surface area contributed by atoms with Crippen molar-refractivity contribution in [3.63, 3.8) is 0 Å². The first-order chi connectivity index (χ1) is 30.0. The molecule has 13 heteroatoms. The van der Waals surface area contributed by atoms with E-state index in [-0.39, 0.29) is 18.3 Å². The van der Waals surface area contributed by atoms with E-state index < -0.39 is 0 Å². The molecule has 9 rings (SSSR count). The van der Waals surface area contributed by atoms with Crippen molar-refractivity contribution in [3.05, 3.63) is 126 Å². The predicted molar refractivity (Wildman–Crippen MR) is 275 cm³/mol. The summed E-state index contributed by atoms with van der Waals surface area (Å²) in [6, 6.07) is 38.8. The molecule has 1 aliphatic carbocycles. The summed E-state index contributed by atoms with van der Waals surface area (Å²) in [4.78, 5) is 35.6. The Labute approximate surface area is 398 Å². The largest absolute Gasteiger partial charge is 1.00 e. The van der Waals surface area contributed by atoms with E-state index in [4.69, 9.17) is 4.98 Å². The fourth-order valence-electron chi connectivity index (χ4n) is 7.29. The van der Waals surface area contributed by atoms with Gasteiger partial charge in [0, 0.05) is 138 Å². The first kappa shape index (κ1) is 48.1. The van der Waals surface area contributed by atoms with Crippen LogP contribution in [-0.4, -0.2) is 95.5 Å². The van der Waals surface area contributed by atoms with Gasteiger partial charge in [-0.25, -0.2) is 9.56 Å². The topological polar surface area (TPSA) is 52.4 Å². The lowest BCUT2D eigenvalue weighted by molar-refractivity contribution is -0.115. The van der Waals surface area contributed by atoms with Gasteiger partial charge in [0.2, 0.25) is 11.3 Å². The maximum atomic E-state index is 12.3. The molecule has 334 valence electrons. The zero-order chi connectivity index (χ0) is 45.3. The number of hydrogen-bond donors (Lipinski definition) is 0. The summed E-state index contributed by atoms with van der Waals surface area (Å²) in [6.07, 6.45) is 1.04. The predicted octanol–water partition coefficient (Wildman–Crippen LogP) is 7.34. The molecule has 0 spiro atoms. The van der Waals surface area contributed by atoms with Crippen molar-refractivity contribution in [1.82, 2.24) is 9.56 Å². The van der Waals surface area contributed by atoms with Crippen molar-refractivity contribution in [2.75, 3.05) is 114 Å². The zero-order valence-corrected chi connectivity index (χ0v) is 42.4. The van der Waals surface area contributed by atoms with Crippen molar-refractivity contribution in [2.24, 2.45) is 0 Å². The number of aromatic nitrogens is 1. The number of carbonyl (C=O) groups is 1. The quantitative estimate of drug-likeness (QED) is 0.131. The molecule has 5 aromatic carbocycles. The van der Waals surface area contributed by atoms with Gasteiger partial charge in [-0.05, 0) is 102 Å². The highest BCUT2D eigenvalue weighted by Crippen LogP contribution is 2.50. The summed E-state index contributed by atoms with van der Waals surface area (Å²) >= 11 is 5.41. The van der Waals surface area contributed by atoms with Crippen molar-refractivity contribution < 1.29 is 17.2 Å². The third-order valence-electron chi connectivity index (χ3n) is 11.1. The molecular formula is C51H59ClN8OS3. The fourth-order valence-corrected chi connectivity index (χ4v) is 10.6. The Kier molecular flexibility index (Phi) is 15.2. The van der Waals surface area contributed by atoms with Gasteiger partial charge in [0.15, 0.2) is 0 Å². The summed E-state index contributed by atoms with van der Waals surface area (Å²) < 4.78 is 3.34. The van der Waals surface area contributed by atoms with E-state index >= 15 is 0 Å². The van der Waals surface area contributed by atoms with E-state index in [2.05, 4.69) is 183 Å². The van der Waals surface area contributed by atoms with Crippen LogP contribution in [0.2, 0.25) is 0 Å². The molecular weight excluding hydrogens is 872 g/mol. The van der Waals surface area contributed by atoms with Gasteiger partial charge < -0.3 is 36.9 Å². The van der Waals surface area contributed by atoms with Crippen LogP contribution < -0.4 is 51.7 Å². The second-order valence-corrected chi connectivity index (χ2v) is 20.3. The number of rotatable bonds is 5. The number of amides is 1. The number of fused-ring (bicyclic) bond motifs is 6. The second-order valence-electron chi connectivity index (χ2n) is 17.0. The maximum absolute atomic E-state index is 12.3. The number of nitrogens with zero attached hydrogens (tertiary/aromatic N) is 8. The summed E-state index contributed by atoms with van der Waals surface area (Å²) in [5.74, 6) is 0.0306. The second kappa shape index (κ2) is 20.2. The molecule has 64 heavy (non-hydrogen) atoms. The summed E-state index contributed by atoms with van der Waals surface area (Å²) in [6.45, 7) is 1.61. The Hall–Kier alpha value is -5.40. The molecule has 0 saturated carbocycles. The Morgan fingerprint density at radius 2 is 0.969 bits per heavy atom. The van der Waals surface area contributed by atoms with Crippen LogP contribution in [0.25, 0.3) is 20.8 Å². The van der Waals surface area contributed by atoms with Crippen LogP contribution in [0.3, 0.4) is 0 Å². The number of benzene rings is 6. The van der Waals surface area contributed by atoms with Crippen LogP contribution in [0, 0.1) is 0 Å². The molecule has 0 N–H and O–H groups in total. The van der Waals surface area contributed by atoms with E-state index in [1.165, 1.54) is 52.9 Å². The lowest BCUT2D eigenvalue weighted by Crippen LogP contribution is -3.00.